The molecule has 3 aromatic rings. The van der Waals surface area contributed by atoms with Crippen LogP contribution in [0.3, 0.4) is 0 Å². The Labute approximate surface area is 225 Å². The van der Waals surface area contributed by atoms with Gasteiger partial charge in [-0.2, -0.15) is 0 Å². The number of ether oxygens (including phenoxy) is 3. The fourth-order valence-corrected chi connectivity index (χ4v) is 4.85. The largest absolute Gasteiger partial charge is 0.507 e. The van der Waals surface area contributed by atoms with Crippen LogP contribution in [0.5, 0.6) is 17.2 Å². The molecule has 14 nitrogen and oxygen atoms in total. The van der Waals surface area contributed by atoms with Crippen molar-refractivity contribution in [3.8, 4) is 28.6 Å². The summed E-state index contributed by atoms with van der Waals surface area (Å²) in [6.45, 7) is -2.06. The first-order chi connectivity index (χ1) is 19.0. The molecule has 2 fully saturated rings. The lowest BCUT2D eigenvalue weighted by atomic mass is 9.90. The van der Waals surface area contributed by atoms with Crippen LogP contribution in [0.25, 0.3) is 22.3 Å². The van der Waals surface area contributed by atoms with E-state index in [0.29, 0.717) is 0 Å². The highest BCUT2D eigenvalue weighted by Crippen LogP contribution is 2.40. The summed E-state index contributed by atoms with van der Waals surface area (Å²) in [5.74, 6) is -1.40. The normalized spacial score (nSPS) is 32.5. The molecule has 2 aliphatic rings. The third-order valence-corrected chi connectivity index (χ3v) is 7.16. The lowest BCUT2D eigenvalue weighted by Gasteiger charge is -2.43. The number of hydrogen-bond acceptors (Lipinski definition) is 14. The summed E-state index contributed by atoms with van der Waals surface area (Å²) in [7, 11) is 0. The quantitative estimate of drug-likeness (QED) is 0.156. The standard InChI is InChI=1S/C26H28O14/c27-7-18-20(33)21(34)23(40-25-24(35)26(36,8-28)9-37-25)22(39-18)11-4-14(31)19-15(32)6-16(38-17(19)5-11)10-1-2-12(29)13(30)3-10/h1-6,18,20-25,27-31,33-36H,7-9H2/t18-,20-,21+,22+,23-,24+,25+,26-/m1/s1. The molecular formula is C26H28O14. The molecule has 0 bridgehead atoms. The highest BCUT2D eigenvalue weighted by molar-refractivity contribution is 5.85. The third kappa shape index (κ3) is 4.79. The van der Waals surface area contributed by atoms with Crippen LogP contribution < -0.4 is 5.43 Å². The molecule has 2 aliphatic heterocycles. The van der Waals surface area contributed by atoms with E-state index in [-0.39, 0.29) is 33.6 Å². The molecule has 0 radical (unpaired) electrons. The monoisotopic (exact) mass is 564 g/mol. The van der Waals surface area contributed by atoms with Crippen LogP contribution in [0.4, 0.5) is 0 Å². The van der Waals surface area contributed by atoms with Gasteiger partial charge in [-0.05, 0) is 35.9 Å². The Morgan fingerprint density at radius 3 is 2.35 bits per heavy atom. The molecule has 0 aliphatic carbocycles. The van der Waals surface area contributed by atoms with Crippen molar-refractivity contribution >= 4 is 11.0 Å². The Kier molecular flexibility index (Phi) is 7.47. The van der Waals surface area contributed by atoms with Crippen molar-refractivity contribution in [3.05, 3.63) is 52.2 Å². The smallest absolute Gasteiger partial charge is 0.197 e. The zero-order valence-corrected chi connectivity index (χ0v) is 20.7. The molecule has 8 atom stereocenters. The van der Waals surface area contributed by atoms with Gasteiger partial charge in [-0.3, -0.25) is 4.79 Å². The number of hydrogen-bond donors (Lipinski definition) is 9. The van der Waals surface area contributed by atoms with Crippen LogP contribution in [-0.4, -0.2) is 108 Å². The maximum absolute atomic E-state index is 12.9. The first-order valence-electron chi connectivity index (χ1n) is 12.2. The summed E-state index contributed by atoms with van der Waals surface area (Å²) in [4.78, 5) is 12.9. The lowest BCUT2D eigenvalue weighted by Crippen LogP contribution is -2.58. The van der Waals surface area contributed by atoms with Gasteiger partial charge in [0.1, 0.15) is 64.7 Å². The van der Waals surface area contributed by atoms with Crippen molar-refractivity contribution in [3.63, 3.8) is 0 Å². The summed E-state index contributed by atoms with van der Waals surface area (Å²) in [5, 5.41) is 91.2. The molecular weight excluding hydrogens is 536 g/mol. The second kappa shape index (κ2) is 10.6. The minimum atomic E-state index is -2.05. The summed E-state index contributed by atoms with van der Waals surface area (Å²) in [6, 6.07) is 7.28. The Bertz CT molecular complexity index is 1460. The average Bonchev–Trinajstić information content (AvgIpc) is 3.21. The maximum Gasteiger partial charge on any atom is 0.197 e. The van der Waals surface area contributed by atoms with Crippen molar-refractivity contribution in [1.29, 1.82) is 0 Å². The van der Waals surface area contributed by atoms with Gasteiger partial charge in [-0.1, -0.05) is 0 Å². The number of phenols is 3. The average molecular weight is 564 g/mol. The van der Waals surface area contributed by atoms with Gasteiger partial charge in [0, 0.05) is 11.6 Å². The van der Waals surface area contributed by atoms with E-state index >= 15 is 0 Å². The topological polar surface area (TPSA) is 240 Å². The van der Waals surface area contributed by atoms with Crippen LogP contribution in [0.2, 0.25) is 0 Å². The van der Waals surface area contributed by atoms with Crippen molar-refractivity contribution < 1.29 is 64.6 Å². The molecule has 2 saturated heterocycles. The molecule has 40 heavy (non-hydrogen) atoms. The summed E-state index contributed by atoms with van der Waals surface area (Å²) in [6.07, 6.45) is -10.9. The second-order valence-electron chi connectivity index (χ2n) is 9.84. The van der Waals surface area contributed by atoms with Gasteiger partial charge in [0.25, 0.3) is 0 Å². The van der Waals surface area contributed by atoms with E-state index in [9.17, 15) is 50.8 Å². The van der Waals surface area contributed by atoms with Gasteiger partial charge >= 0.3 is 0 Å². The van der Waals surface area contributed by atoms with Gasteiger partial charge in [0.2, 0.25) is 0 Å². The van der Waals surface area contributed by atoms with E-state index < -0.39 is 85.3 Å². The molecule has 5 rings (SSSR count). The van der Waals surface area contributed by atoms with E-state index in [1.54, 1.807) is 0 Å². The molecule has 3 heterocycles. The van der Waals surface area contributed by atoms with Gasteiger partial charge < -0.3 is 64.6 Å². The zero-order valence-electron chi connectivity index (χ0n) is 20.7. The minimum absolute atomic E-state index is 0.0174. The number of phenolic OH excluding ortho intramolecular Hbond substituents is 3. The lowest BCUT2D eigenvalue weighted by molar-refractivity contribution is -0.286. The van der Waals surface area contributed by atoms with Gasteiger partial charge in [0.05, 0.1) is 19.8 Å². The number of aromatic hydroxyl groups is 3. The first kappa shape index (κ1) is 28.2. The molecule has 0 amide bonds. The van der Waals surface area contributed by atoms with Crippen molar-refractivity contribution in [2.45, 2.75) is 48.5 Å². The molecule has 0 unspecified atom stereocenters. The Balaban J connectivity index is 1.57. The van der Waals surface area contributed by atoms with E-state index in [1.807, 2.05) is 0 Å². The Hall–Kier alpha value is -3.31. The van der Waals surface area contributed by atoms with Crippen molar-refractivity contribution in [2.75, 3.05) is 19.8 Å². The van der Waals surface area contributed by atoms with E-state index in [2.05, 4.69) is 0 Å². The second-order valence-corrected chi connectivity index (χ2v) is 9.84. The number of fused-ring (bicyclic) bond motifs is 1. The fourth-order valence-electron chi connectivity index (χ4n) is 4.85. The highest BCUT2D eigenvalue weighted by atomic mass is 16.7. The van der Waals surface area contributed by atoms with E-state index in [0.717, 1.165) is 12.1 Å². The molecule has 14 heteroatoms. The van der Waals surface area contributed by atoms with Gasteiger partial charge in [0.15, 0.2) is 23.2 Å². The van der Waals surface area contributed by atoms with Crippen LogP contribution in [0.1, 0.15) is 11.7 Å². The highest BCUT2D eigenvalue weighted by Gasteiger charge is 2.53. The molecule has 216 valence electrons. The van der Waals surface area contributed by atoms with E-state index in [1.165, 1.54) is 24.3 Å². The number of rotatable bonds is 6. The predicted octanol–water partition coefficient (Wildman–Crippen LogP) is -1.44. The summed E-state index contributed by atoms with van der Waals surface area (Å²) >= 11 is 0. The fraction of sp³-hybridized carbons (Fsp3) is 0.423. The van der Waals surface area contributed by atoms with Crippen molar-refractivity contribution in [1.82, 2.24) is 0 Å². The van der Waals surface area contributed by atoms with Crippen molar-refractivity contribution in [2.24, 2.45) is 0 Å². The Morgan fingerprint density at radius 2 is 1.70 bits per heavy atom. The number of aliphatic hydroxyl groups excluding tert-OH is 5. The van der Waals surface area contributed by atoms with Gasteiger partial charge in [-0.15, -0.1) is 0 Å². The van der Waals surface area contributed by atoms with Gasteiger partial charge in [-0.25, -0.2) is 0 Å². The molecule has 0 spiro atoms. The van der Waals surface area contributed by atoms with Crippen LogP contribution >= 0.6 is 0 Å². The van der Waals surface area contributed by atoms with E-state index in [4.69, 9.17) is 18.6 Å². The number of benzene rings is 2. The maximum atomic E-state index is 12.9. The summed E-state index contributed by atoms with van der Waals surface area (Å²) < 4.78 is 22.6. The first-order valence-corrected chi connectivity index (χ1v) is 12.2. The molecule has 1 aromatic heterocycles. The molecule has 2 aromatic carbocycles. The molecule has 0 saturated carbocycles. The summed E-state index contributed by atoms with van der Waals surface area (Å²) in [5.41, 5.74) is -2.52. The third-order valence-electron chi connectivity index (χ3n) is 7.16. The van der Waals surface area contributed by atoms with Crippen LogP contribution in [0, 0.1) is 0 Å². The zero-order chi connectivity index (χ0) is 28.9. The number of aliphatic hydroxyl groups is 6. The SMILES string of the molecule is O=c1cc(-c2ccc(O)c(O)c2)oc2cc([C@@H]3O[C@H](CO)[C@@H](O)[C@H](O)[C@H]3O[C@@H]3OC[C@](O)(CO)[C@H]3O)cc(O)c12. The minimum Gasteiger partial charge on any atom is -0.507 e. The molecule has 9 N–H and O–H groups in total. The predicted molar refractivity (Wildman–Crippen MR) is 132 cm³/mol. The van der Waals surface area contributed by atoms with Crippen LogP contribution in [0.15, 0.2) is 45.6 Å². The Morgan fingerprint density at radius 1 is 0.950 bits per heavy atom. The van der Waals surface area contributed by atoms with Crippen LogP contribution in [-0.2, 0) is 14.2 Å².